The smallest absolute Gasteiger partial charge is 0.0483 e. The van der Waals surface area contributed by atoms with E-state index in [-0.39, 0.29) is 0 Å². The van der Waals surface area contributed by atoms with Crippen LogP contribution in [-0.4, -0.2) is 11.1 Å². The van der Waals surface area contributed by atoms with Crippen LogP contribution in [0.5, 0.6) is 0 Å². The third-order valence-electron chi connectivity index (χ3n) is 3.47. The molecular formula is C16H24N2. The third kappa shape index (κ3) is 2.94. The van der Waals surface area contributed by atoms with E-state index in [1.807, 2.05) is 0 Å². The molecule has 0 amide bonds. The summed E-state index contributed by atoms with van der Waals surface area (Å²) >= 11 is 0. The van der Waals surface area contributed by atoms with E-state index in [9.17, 15) is 0 Å². The second-order valence-corrected chi connectivity index (χ2v) is 4.85. The zero-order chi connectivity index (χ0) is 12.8. The van der Waals surface area contributed by atoms with E-state index in [0.717, 1.165) is 19.6 Å². The van der Waals surface area contributed by atoms with E-state index in [2.05, 4.69) is 54.2 Å². The molecule has 1 heterocycles. The van der Waals surface area contributed by atoms with Crippen LogP contribution >= 0.6 is 0 Å². The topological polar surface area (TPSA) is 17.0 Å². The van der Waals surface area contributed by atoms with Crippen molar-refractivity contribution in [1.29, 1.82) is 0 Å². The van der Waals surface area contributed by atoms with E-state index in [0.29, 0.717) is 0 Å². The molecule has 1 N–H and O–H groups in total. The number of aryl methyl sites for hydroxylation is 1. The Hall–Kier alpha value is -1.28. The van der Waals surface area contributed by atoms with Crippen LogP contribution in [0.15, 0.2) is 30.5 Å². The molecule has 2 heteroatoms. The Bertz CT molecular complexity index is 485. The molecule has 2 nitrogen and oxygen atoms in total. The van der Waals surface area contributed by atoms with Gasteiger partial charge in [0.1, 0.15) is 0 Å². The number of aromatic nitrogens is 1. The molecule has 0 aliphatic rings. The molecule has 0 fully saturated rings. The lowest BCUT2D eigenvalue weighted by molar-refractivity contribution is 0.616. The predicted molar refractivity (Wildman–Crippen MR) is 78.8 cm³/mol. The molecule has 0 spiro atoms. The van der Waals surface area contributed by atoms with E-state index < -0.39 is 0 Å². The molecule has 0 atom stereocenters. The summed E-state index contributed by atoms with van der Waals surface area (Å²) < 4.78 is 2.39. The van der Waals surface area contributed by atoms with Gasteiger partial charge in [0.2, 0.25) is 0 Å². The van der Waals surface area contributed by atoms with Gasteiger partial charge in [0, 0.05) is 30.2 Å². The quantitative estimate of drug-likeness (QED) is 0.730. The van der Waals surface area contributed by atoms with Crippen LogP contribution in [-0.2, 0) is 13.1 Å². The number of benzene rings is 1. The summed E-state index contributed by atoms with van der Waals surface area (Å²) in [4.78, 5) is 0. The number of rotatable bonds is 7. The van der Waals surface area contributed by atoms with Gasteiger partial charge in [0.05, 0.1) is 0 Å². The minimum Gasteiger partial charge on any atom is -0.347 e. The second-order valence-electron chi connectivity index (χ2n) is 4.85. The lowest BCUT2D eigenvalue weighted by atomic mass is 10.1. The van der Waals surface area contributed by atoms with Crippen LogP contribution in [0.4, 0.5) is 0 Å². The average molecular weight is 244 g/mol. The molecule has 0 radical (unpaired) electrons. The Labute approximate surface area is 110 Å². The lowest BCUT2D eigenvalue weighted by Crippen LogP contribution is -2.11. The first-order valence-electron chi connectivity index (χ1n) is 7.14. The van der Waals surface area contributed by atoms with Gasteiger partial charge in [-0.05, 0) is 30.7 Å². The fourth-order valence-electron chi connectivity index (χ4n) is 2.43. The van der Waals surface area contributed by atoms with Gasteiger partial charge in [-0.15, -0.1) is 0 Å². The van der Waals surface area contributed by atoms with Crippen molar-refractivity contribution in [3.05, 3.63) is 36.0 Å². The summed E-state index contributed by atoms with van der Waals surface area (Å²) in [7, 11) is 0. The van der Waals surface area contributed by atoms with E-state index in [1.54, 1.807) is 0 Å². The Kier molecular flexibility index (Phi) is 4.82. The summed E-state index contributed by atoms with van der Waals surface area (Å²) in [5.74, 6) is 0. The van der Waals surface area contributed by atoms with Gasteiger partial charge in [-0.25, -0.2) is 0 Å². The maximum absolute atomic E-state index is 3.41. The fourth-order valence-corrected chi connectivity index (χ4v) is 2.43. The standard InChI is InChI=1S/C16H24N2/c1-3-5-6-11-18-12-10-15-14(13-17-4-2)8-7-9-16(15)18/h7-10,12,17H,3-6,11,13H2,1-2H3. The van der Waals surface area contributed by atoms with Crippen molar-refractivity contribution in [2.24, 2.45) is 0 Å². The Morgan fingerprint density at radius 1 is 1.11 bits per heavy atom. The number of hydrogen-bond acceptors (Lipinski definition) is 1. The van der Waals surface area contributed by atoms with Gasteiger partial charge < -0.3 is 9.88 Å². The molecule has 2 aromatic rings. The van der Waals surface area contributed by atoms with Gasteiger partial charge in [0.25, 0.3) is 0 Å². The number of fused-ring (bicyclic) bond motifs is 1. The molecule has 0 bridgehead atoms. The molecule has 1 aromatic carbocycles. The number of nitrogens with one attached hydrogen (secondary N) is 1. The molecule has 2 rings (SSSR count). The van der Waals surface area contributed by atoms with Crippen LogP contribution in [0.1, 0.15) is 38.7 Å². The molecule has 0 aliphatic heterocycles. The Morgan fingerprint density at radius 3 is 2.78 bits per heavy atom. The molecule has 1 aromatic heterocycles. The first-order chi connectivity index (χ1) is 8.86. The summed E-state index contributed by atoms with van der Waals surface area (Å²) in [5.41, 5.74) is 2.78. The SMILES string of the molecule is CCCCCn1ccc2c(CNCC)cccc21. The summed E-state index contributed by atoms with van der Waals surface area (Å²) in [6.45, 7) is 7.53. The zero-order valence-corrected chi connectivity index (χ0v) is 11.6. The largest absolute Gasteiger partial charge is 0.347 e. The van der Waals surface area contributed by atoms with Crippen molar-refractivity contribution in [3.63, 3.8) is 0 Å². The van der Waals surface area contributed by atoms with Crippen LogP contribution in [0.3, 0.4) is 0 Å². The number of unbranched alkanes of at least 4 members (excludes halogenated alkanes) is 2. The first kappa shape index (κ1) is 13.2. The van der Waals surface area contributed by atoms with E-state index >= 15 is 0 Å². The van der Waals surface area contributed by atoms with Crippen LogP contribution in [0.25, 0.3) is 10.9 Å². The van der Waals surface area contributed by atoms with Crippen molar-refractivity contribution >= 4 is 10.9 Å². The van der Waals surface area contributed by atoms with E-state index in [1.165, 1.54) is 35.7 Å². The van der Waals surface area contributed by atoms with Crippen LogP contribution < -0.4 is 5.32 Å². The number of hydrogen-bond donors (Lipinski definition) is 1. The lowest BCUT2D eigenvalue weighted by Gasteiger charge is -2.07. The molecule has 0 saturated heterocycles. The molecule has 0 saturated carbocycles. The van der Waals surface area contributed by atoms with Crippen molar-refractivity contribution in [2.75, 3.05) is 6.54 Å². The maximum atomic E-state index is 3.41. The molecule has 98 valence electrons. The Morgan fingerprint density at radius 2 is 2.00 bits per heavy atom. The first-order valence-corrected chi connectivity index (χ1v) is 7.14. The zero-order valence-electron chi connectivity index (χ0n) is 11.6. The molecule has 0 unspecified atom stereocenters. The van der Waals surface area contributed by atoms with Crippen LogP contribution in [0.2, 0.25) is 0 Å². The van der Waals surface area contributed by atoms with Crippen molar-refractivity contribution in [1.82, 2.24) is 9.88 Å². The Balaban J connectivity index is 2.19. The summed E-state index contributed by atoms with van der Waals surface area (Å²) in [6, 6.07) is 8.89. The molecule has 18 heavy (non-hydrogen) atoms. The van der Waals surface area contributed by atoms with Gasteiger partial charge in [-0.1, -0.05) is 38.8 Å². The summed E-state index contributed by atoms with van der Waals surface area (Å²) in [5, 5.41) is 4.81. The molecule has 0 aliphatic carbocycles. The second kappa shape index (κ2) is 6.60. The van der Waals surface area contributed by atoms with Gasteiger partial charge in [-0.2, -0.15) is 0 Å². The monoisotopic (exact) mass is 244 g/mol. The highest BCUT2D eigenvalue weighted by Gasteiger charge is 2.04. The van der Waals surface area contributed by atoms with Crippen molar-refractivity contribution in [3.8, 4) is 0 Å². The highest BCUT2D eigenvalue weighted by Crippen LogP contribution is 2.21. The fraction of sp³-hybridized carbons (Fsp3) is 0.500. The van der Waals surface area contributed by atoms with Crippen LogP contribution in [0, 0.1) is 0 Å². The minimum absolute atomic E-state index is 0.965. The van der Waals surface area contributed by atoms with Gasteiger partial charge in [0.15, 0.2) is 0 Å². The molecular weight excluding hydrogens is 220 g/mol. The minimum atomic E-state index is 0.965. The van der Waals surface area contributed by atoms with Crippen molar-refractivity contribution in [2.45, 2.75) is 46.2 Å². The highest BCUT2D eigenvalue weighted by atomic mass is 14.9. The number of nitrogens with zero attached hydrogens (tertiary/aromatic N) is 1. The average Bonchev–Trinajstić information content (AvgIpc) is 2.81. The normalized spacial score (nSPS) is 11.2. The van der Waals surface area contributed by atoms with E-state index in [4.69, 9.17) is 0 Å². The van der Waals surface area contributed by atoms with Crippen molar-refractivity contribution < 1.29 is 0 Å². The van der Waals surface area contributed by atoms with Gasteiger partial charge in [-0.3, -0.25) is 0 Å². The maximum Gasteiger partial charge on any atom is 0.0483 e. The highest BCUT2D eigenvalue weighted by molar-refractivity contribution is 5.83. The van der Waals surface area contributed by atoms with Gasteiger partial charge >= 0.3 is 0 Å². The third-order valence-corrected chi connectivity index (χ3v) is 3.47. The summed E-state index contributed by atoms with van der Waals surface area (Å²) in [6.07, 6.45) is 6.11. The predicted octanol–water partition coefficient (Wildman–Crippen LogP) is 3.94.